The monoisotopic (exact) mass is 466 g/mol. The number of aromatic nitrogens is 1. The van der Waals surface area contributed by atoms with Crippen LogP contribution < -0.4 is 4.74 Å². The molecule has 4 rings (SSSR count). The summed E-state index contributed by atoms with van der Waals surface area (Å²) in [5.74, 6) is 0.175. The third kappa shape index (κ3) is 5.40. The van der Waals surface area contributed by atoms with Crippen molar-refractivity contribution >= 4 is 22.6 Å². The highest BCUT2D eigenvalue weighted by Crippen LogP contribution is 2.32. The van der Waals surface area contributed by atoms with Crippen molar-refractivity contribution in [3.63, 3.8) is 0 Å². The van der Waals surface area contributed by atoms with Gasteiger partial charge in [-0.25, -0.2) is 9.78 Å². The molecule has 1 heterocycles. The van der Waals surface area contributed by atoms with Crippen LogP contribution in [0.2, 0.25) is 0 Å². The van der Waals surface area contributed by atoms with E-state index < -0.39 is 5.97 Å². The molecule has 0 aliphatic rings. The van der Waals surface area contributed by atoms with E-state index >= 15 is 0 Å². The van der Waals surface area contributed by atoms with E-state index in [-0.39, 0.29) is 5.41 Å². The Balaban J connectivity index is 1.67. The first-order valence-electron chi connectivity index (χ1n) is 11.8. The predicted octanol–water partition coefficient (Wildman–Crippen LogP) is 7.18. The Kier molecular flexibility index (Phi) is 6.97. The number of nitrogens with zero attached hydrogens (tertiary/aromatic N) is 2. The summed E-state index contributed by atoms with van der Waals surface area (Å²) in [4.78, 5) is 23.4. The van der Waals surface area contributed by atoms with Crippen LogP contribution in [-0.2, 0) is 10.3 Å². The Morgan fingerprint density at radius 1 is 0.943 bits per heavy atom. The second kappa shape index (κ2) is 10.1. The van der Waals surface area contributed by atoms with Crippen LogP contribution in [0, 0.1) is 0 Å². The van der Waals surface area contributed by atoms with Gasteiger partial charge in [0.15, 0.2) is 0 Å². The zero-order valence-corrected chi connectivity index (χ0v) is 20.8. The lowest BCUT2D eigenvalue weighted by atomic mass is 9.86. The van der Waals surface area contributed by atoms with Crippen LogP contribution in [0.1, 0.15) is 56.1 Å². The van der Waals surface area contributed by atoms with E-state index in [0.717, 1.165) is 11.1 Å². The largest absolute Gasteiger partial charge is 0.493 e. The lowest BCUT2D eigenvalue weighted by Gasteiger charge is -2.19. The third-order valence-electron chi connectivity index (χ3n) is 5.83. The summed E-state index contributed by atoms with van der Waals surface area (Å²) in [6.45, 7) is 10.8. The molecule has 4 aromatic rings. The minimum atomic E-state index is -0.538. The second-order valence-corrected chi connectivity index (χ2v) is 9.38. The van der Waals surface area contributed by atoms with Crippen molar-refractivity contribution in [1.82, 2.24) is 4.98 Å². The van der Waals surface area contributed by atoms with Gasteiger partial charge in [0.25, 0.3) is 0 Å². The first-order valence-corrected chi connectivity index (χ1v) is 11.8. The van der Waals surface area contributed by atoms with Crippen molar-refractivity contribution in [3.05, 3.63) is 95.6 Å². The zero-order chi connectivity index (χ0) is 25.0. The minimum Gasteiger partial charge on any atom is -0.493 e. The zero-order valence-electron chi connectivity index (χ0n) is 20.8. The van der Waals surface area contributed by atoms with Crippen molar-refractivity contribution in [2.75, 3.05) is 6.61 Å². The van der Waals surface area contributed by atoms with Crippen LogP contribution in [-0.4, -0.2) is 23.3 Å². The molecule has 0 aliphatic heterocycles. The topological polar surface area (TPSA) is 60.8 Å². The van der Waals surface area contributed by atoms with E-state index in [1.54, 1.807) is 6.07 Å². The number of hydrogen-bond donors (Lipinski definition) is 0. The maximum atomic E-state index is 13.2. The summed E-state index contributed by atoms with van der Waals surface area (Å²) in [6, 6.07) is 25.1. The number of benzene rings is 3. The molecule has 0 aliphatic carbocycles. The van der Waals surface area contributed by atoms with E-state index in [4.69, 9.17) is 14.6 Å². The maximum absolute atomic E-state index is 13.2. The SMILES string of the molecule is CCOc1ccccc1-c1cc(C(=O)O/N=C(\C)c2ccc(C(C)(C)C)cc2)c2ccccc2n1. The molecule has 0 bridgehead atoms. The molecule has 0 saturated carbocycles. The first kappa shape index (κ1) is 24.1. The number of oxime groups is 1. The number of hydrogen-bond acceptors (Lipinski definition) is 5. The summed E-state index contributed by atoms with van der Waals surface area (Å²) >= 11 is 0. The van der Waals surface area contributed by atoms with Crippen molar-refractivity contribution in [1.29, 1.82) is 0 Å². The number of rotatable bonds is 6. The number of ether oxygens (including phenoxy) is 1. The molecule has 0 saturated heterocycles. The summed E-state index contributed by atoms with van der Waals surface area (Å²) in [7, 11) is 0. The van der Waals surface area contributed by atoms with E-state index in [1.165, 1.54) is 5.56 Å². The lowest BCUT2D eigenvalue weighted by Crippen LogP contribution is -2.11. The van der Waals surface area contributed by atoms with E-state index in [9.17, 15) is 4.79 Å². The van der Waals surface area contributed by atoms with Crippen molar-refractivity contribution in [3.8, 4) is 17.0 Å². The Morgan fingerprint density at radius 2 is 1.63 bits per heavy atom. The molecule has 0 radical (unpaired) electrons. The number of pyridine rings is 1. The molecule has 0 N–H and O–H groups in total. The molecule has 0 fully saturated rings. The molecule has 5 nitrogen and oxygen atoms in total. The first-order chi connectivity index (χ1) is 16.8. The van der Waals surface area contributed by atoms with Crippen LogP contribution in [0.5, 0.6) is 5.75 Å². The van der Waals surface area contributed by atoms with Gasteiger partial charge in [0, 0.05) is 10.9 Å². The quantitative estimate of drug-likeness (QED) is 0.172. The predicted molar refractivity (Wildman–Crippen MR) is 141 cm³/mol. The average Bonchev–Trinajstić information content (AvgIpc) is 2.86. The highest BCUT2D eigenvalue weighted by molar-refractivity contribution is 6.05. The number of para-hydroxylation sites is 2. The number of carbonyl (C=O) groups excluding carboxylic acids is 1. The van der Waals surface area contributed by atoms with Gasteiger partial charge < -0.3 is 9.57 Å². The summed E-state index contributed by atoms with van der Waals surface area (Å²) in [5, 5.41) is 4.85. The van der Waals surface area contributed by atoms with Crippen LogP contribution in [0.15, 0.2) is 84.0 Å². The van der Waals surface area contributed by atoms with Crippen molar-refractivity contribution < 1.29 is 14.4 Å². The molecule has 35 heavy (non-hydrogen) atoms. The summed E-state index contributed by atoms with van der Waals surface area (Å²) < 4.78 is 5.78. The van der Waals surface area contributed by atoms with Gasteiger partial charge in [-0.2, -0.15) is 0 Å². The van der Waals surface area contributed by atoms with Crippen molar-refractivity contribution in [2.45, 2.75) is 40.0 Å². The third-order valence-corrected chi connectivity index (χ3v) is 5.83. The smallest absolute Gasteiger partial charge is 0.366 e. The molecule has 5 heteroatoms. The second-order valence-electron chi connectivity index (χ2n) is 9.38. The highest BCUT2D eigenvalue weighted by atomic mass is 16.7. The molecule has 1 aromatic heterocycles. The summed E-state index contributed by atoms with van der Waals surface area (Å²) in [5.41, 5.74) is 5.37. The van der Waals surface area contributed by atoms with Crippen LogP contribution in [0.4, 0.5) is 0 Å². The van der Waals surface area contributed by atoms with Gasteiger partial charge in [-0.1, -0.05) is 80.5 Å². The number of fused-ring (bicyclic) bond motifs is 1. The maximum Gasteiger partial charge on any atom is 0.366 e. The van der Waals surface area contributed by atoms with Gasteiger partial charge in [-0.05, 0) is 54.7 Å². The van der Waals surface area contributed by atoms with Gasteiger partial charge in [0.05, 0.1) is 29.1 Å². The van der Waals surface area contributed by atoms with Gasteiger partial charge in [-0.15, -0.1) is 0 Å². The van der Waals surface area contributed by atoms with Crippen LogP contribution in [0.3, 0.4) is 0 Å². The van der Waals surface area contributed by atoms with Crippen LogP contribution in [0.25, 0.3) is 22.2 Å². The van der Waals surface area contributed by atoms with E-state index in [0.29, 0.717) is 40.2 Å². The molecule has 0 unspecified atom stereocenters. The molecule has 3 aromatic carbocycles. The normalized spacial score (nSPS) is 12.0. The number of carbonyl (C=O) groups is 1. The molecular weight excluding hydrogens is 436 g/mol. The fourth-order valence-electron chi connectivity index (χ4n) is 3.87. The Bertz CT molecular complexity index is 1380. The van der Waals surface area contributed by atoms with Gasteiger partial charge in [0.2, 0.25) is 0 Å². The molecular formula is C30H30N2O3. The fourth-order valence-corrected chi connectivity index (χ4v) is 3.87. The highest BCUT2D eigenvalue weighted by Gasteiger charge is 2.18. The van der Waals surface area contributed by atoms with Gasteiger partial charge in [0.1, 0.15) is 5.75 Å². The average molecular weight is 467 g/mol. The summed E-state index contributed by atoms with van der Waals surface area (Å²) in [6.07, 6.45) is 0. The van der Waals surface area contributed by atoms with Crippen LogP contribution >= 0.6 is 0 Å². The molecule has 0 amide bonds. The minimum absolute atomic E-state index is 0.0664. The standard InChI is InChI=1S/C30H30N2O3/c1-6-34-28-14-10-8-12-24(28)27-19-25(23-11-7-9-13-26(23)31-27)29(33)35-32-20(2)21-15-17-22(18-16-21)30(3,4)5/h7-19H,6H2,1-5H3/b32-20+. The Labute approximate surface area is 206 Å². The molecule has 178 valence electrons. The van der Waals surface area contributed by atoms with Gasteiger partial charge >= 0.3 is 5.97 Å². The molecule has 0 spiro atoms. The van der Waals surface area contributed by atoms with E-state index in [2.05, 4.69) is 38.1 Å². The Hall–Kier alpha value is -3.99. The fraction of sp³-hybridized carbons (Fsp3) is 0.233. The van der Waals surface area contributed by atoms with Gasteiger partial charge in [-0.3, -0.25) is 0 Å². The van der Waals surface area contributed by atoms with Crippen molar-refractivity contribution in [2.24, 2.45) is 5.16 Å². The van der Waals surface area contributed by atoms with E-state index in [1.807, 2.05) is 74.5 Å². The lowest BCUT2D eigenvalue weighted by molar-refractivity contribution is 0.0518. The Morgan fingerprint density at radius 3 is 2.34 bits per heavy atom. The molecule has 0 atom stereocenters.